The van der Waals surface area contributed by atoms with Crippen LogP contribution in [0.25, 0.3) is 0 Å². The molecule has 2 amide bonds. The van der Waals surface area contributed by atoms with Crippen LogP contribution in [0.4, 0.5) is 4.79 Å². The Balaban J connectivity index is 2.64. The summed E-state index contributed by atoms with van der Waals surface area (Å²) in [6, 6.07) is -2.80. The molecule has 2 atom stereocenters. The summed E-state index contributed by atoms with van der Waals surface area (Å²) in [6.45, 7) is 0.321. The second-order valence-electron chi connectivity index (χ2n) is 4.04. The van der Waals surface area contributed by atoms with E-state index in [0.717, 1.165) is 0 Å². The number of rotatable bonds is 5. The molecule has 1 saturated heterocycles. The van der Waals surface area contributed by atoms with Gasteiger partial charge in [0.25, 0.3) is 0 Å². The fourth-order valence-electron chi connectivity index (χ4n) is 1.68. The summed E-state index contributed by atoms with van der Waals surface area (Å²) in [7, 11) is 0. The molecule has 1 aliphatic heterocycles. The van der Waals surface area contributed by atoms with Gasteiger partial charge in [0.15, 0.2) is 0 Å². The summed E-state index contributed by atoms with van der Waals surface area (Å²) in [5.74, 6) is -2.75. The van der Waals surface area contributed by atoms with Crippen molar-refractivity contribution in [3.8, 4) is 0 Å². The fourth-order valence-corrected chi connectivity index (χ4v) is 1.68. The highest BCUT2D eigenvalue weighted by molar-refractivity contribution is 5.86. The number of urea groups is 1. The second-order valence-corrected chi connectivity index (χ2v) is 4.04. The van der Waals surface area contributed by atoms with Gasteiger partial charge in [-0.25, -0.2) is 9.59 Å². The highest BCUT2D eigenvalue weighted by Gasteiger charge is 2.30. The maximum atomic E-state index is 11.9. The molecule has 1 heterocycles. The molecule has 0 radical (unpaired) electrons. The molecule has 0 bridgehead atoms. The summed E-state index contributed by atoms with van der Waals surface area (Å²) in [6.07, 6.45) is -0.713. The standard InChI is InChI=1S/C10H16N2O7/c13-4-6-5-19-2-1-12(6)10(18)11-7(9(16)17)3-8(14)15/h6-7,13H,1-5H2,(H,11,18)(H,14,15)(H,16,17). The van der Waals surface area contributed by atoms with Gasteiger partial charge in [-0.1, -0.05) is 0 Å². The molecule has 1 rings (SSSR count). The van der Waals surface area contributed by atoms with Gasteiger partial charge in [0.1, 0.15) is 6.04 Å². The summed E-state index contributed by atoms with van der Waals surface area (Å²) in [4.78, 5) is 34.4. The number of aliphatic carboxylic acids is 2. The Kier molecular flexibility index (Phi) is 5.52. The van der Waals surface area contributed by atoms with Crippen molar-refractivity contribution in [3.63, 3.8) is 0 Å². The third-order valence-electron chi connectivity index (χ3n) is 2.67. The number of carbonyl (C=O) groups is 3. The topological polar surface area (TPSA) is 136 Å². The first kappa shape index (κ1) is 15.2. The van der Waals surface area contributed by atoms with Crippen molar-refractivity contribution in [2.24, 2.45) is 0 Å². The molecule has 108 valence electrons. The van der Waals surface area contributed by atoms with E-state index in [1.807, 2.05) is 0 Å². The smallest absolute Gasteiger partial charge is 0.326 e. The molecule has 0 aliphatic carbocycles. The number of carboxylic acids is 2. The molecule has 4 N–H and O–H groups in total. The molecule has 0 saturated carbocycles. The van der Waals surface area contributed by atoms with Crippen LogP contribution < -0.4 is 5.32 Å². The molecule has 19 heavy (non-hydrogen) atoms. The molecular formula is C10H16N2O7. The quantitative estimate of drug-likeness (QED) is 0.470. The number of amides is 2. The van der Waals surface area contributed by atoms with Crippen molar-refractivity contribution in [2.45, 2.75) is 18.5 Å². The molecule has 1 fully saturated rings. The van der Waals surface area contributed by atoms with Crippen molar-refractivity contribution < 1.29 is 34.4 Å². The lowest BCUT2D eigenvalue weighted by atomic mass is 10.2. The number of nitrogens with zero attached hydrogens (tertiary/aromatic N) is 1. The number of hydrogen-bond donors (Lipinski definition) is 4. The van der Waals surface area contributed by atoms with Gasteiger partial charge >= 0.3 is 18.0 Å². The zero-order chi connectivity index (χ0) is 14.4. The minimum atomic E-state index is -1.51. The van der Waals surface area contributed by atoms with Crippen molar-refractivity contribution in [3.05, 3.63) is 0 Å². The third kappa shape index (κ3) is 4.38. The molecule has 0 spiro atoms. The Hall–Kier alpha value is -1.87. The molecule has 9 heteroatoms. The van der Waals surface area contributed by atoms with Gasteiger partial charge in [-0.15, -0.1) is 0 Å². The number of aliphatic hydroxyl groups is 1. The zero-order valence-corrected chi connectivity index (χ0v) is 10.1. The second kappa shape index (κ2) is 6.90. The summed E-state index contributed by atoms with van der Waals surface area (Å²) in [5.41, 5.74) is 0. The molecule has 0 aromatic carbocycles. The lowest BCUT2D eigenvalue weighted by Crippen LogP contribution is -2.56. The maximum Gasteiger partial charge on any atom is 0.326 e. The normalized spacial score (nSPS) is 20.7. The lowest BCUT2D eigenvalue weighted by Gasteiger charge is -2.35. The maximum absolute atomic E-state index is 11.9. The van der Waals surface area contributed by atoms with E-state index in [0.29, 0.717) is 0 Å². The van der Waals surface area contributed by atoms with E-state index in [1.165, 1.54) is 4.90 Å². The molecule has 2 unspecified atom stereocenters. The van der Waals surface area contributed by atoms with Crippen LogP contribution in [0.15, 0.2) is 0 Å². The highest BCUT2D eigenvalue weighted by Crippen LogP contribution is 2.07. The van der Waals surface area contributed by atoms with Crippen molar-refractivity contribution >= 4 is 18.0 Å². The number of ether oxygens (including phenoxy) is 1. The van der Waals surface area contributed by atoms with E-state index in [1.54, 1.807) is 0 Å². The first-order valence-electron chi connectivity index (χ1n) is 5.66. The Morgan fingerprint density at radius 2 is 2.05 bits per heavy atom. The SMILES string of the molecule is O=C(O)CC(NC(=O)N1CCOCC1CO)C(=O)O. The van der Waals surface area contributed by atoms with Crippen LogP contribution in [0.1, 0.15) is 6.42 Å². The first-order valence-corrected chi connectivity index (χ1v) is 5.66. The first-order chi connectivity index (χ1) is 8.95. The van der Waals surface area contributed by atoms with E-state index in [-0.39, 0.29) is 26.4 Å². The van der Waals surface area contributed by atoms with Crippen molar-refractivity contribution in [1.29, 1.82) is 0 Å². The van der Waals surface area contributed by atoms with Gasteiger partial charge in [-0.2, -0.15) is 0 Å². The zero-order valence-electron chi connectivity index (χ0n) is 10.1. The molecule has 0 aromatic rings. The molecule has 0 aromatic heterocycles. The number of morpholine rings is 1. The van der Waals surface area contributed by atoms with Crippen LogP contribution in [0.2, 0.25) is 0 Å². The fraction of sp³-hybridized carbons (Fsp3) is 0.700. The van der Waals surface area contributed by atoms with Crippen molar-refractivity contribution in [2.75, 3.05) is 26.4 Å². The predicted octanol–water partition coefficient (Wildman–Crippen LogP) is -1.68. The highest BCUT2D eigenvalue weighted by atomic mass is 16.5. The number of hydrogen-bond acceptors (Lipinski definition) is 5. The van der Waals surface area contributed by atoms with Gasteiger partial charge in [0.05, 0.1) is 32.3 Å². The Bertz CT molecular complexity index is 360. The average Bonchev–Trinajstić information content (AvgIpc) is 2.37. The largest absolute Gasteiger partial charge is 0.481 e. The Morgan fingerprint density at radius 1 is 1.37 bits per heavy atom. The van der Waals surface area contributed by atoms with E-state index in [2.05, 4.69) is 5.32 Å². The summed E-state index contributed by atoms with van der Waals surface area (Å²) < 4.78 is 5.08. The Labute approximate surface area is 108 Å². The molecular weight excluding hydrogens is 260 g/mol. The molecule has 9 nitrogen and oxygen atoms in total. The summed E-state index contributed by atoms with van der Waals surface area (Å²) in [5, 5.41) is 28.6. The van der Waals surface area contributed by atoms with Crippen LogP contribution in [-0.2, 0) is 14.3 Å². The summed E-state index contributed by atoms with van der Waals surface area (Å²) >= 11 is 0. The number of carbonyl (C=O) groups excluding carboxylic acids is 1. The van der Waals surface area contributed by atoms with E-state index in [9.17, 15) is 14.4 Å². The third-order valence-corrected chi connectivity index (χ3v) is 2.67. The number of aliphatic hydroxyl groups excluding tert-OH is 1. The van der Waals surface area contributed by atoms with Crippen LogP contribution in [0, 0.1) is 0 Å². The molecule has 1 aliphatic rings. The van der Waals surface area contributed by atoms with Crippen LogP contribution >= 0.6 is 0 Å². The van der Waals surface area contributed by atoms with Crippen LogP contribution in [0.5, 0.6) is 0 Å². The number of carboxylic acid groups (broad SMARTS) is 2. The monoisotopic (exact) mass is 276 g/mol. The minimum Gasteiger partial charge on any atom is -0.481 e. The van der Waals surface area contributed by atoms with Crippen LogP contribution in [-0.4, -0.2) is 76.6 Å². The van der Waals surface area contributed by atoms with Gasteiger partial charge in [-0.3, -0.25) is 4.79 Å². The van der Waals surface area contributed by atoms with Gasteiger partial charge < -0.3 is 30.3 Å². The number of nitrogens with one attached hydrogen (secondary N) is 1. The van der Waals surface area contributed by atoms with Crippen molar-refractivity contribution in [1.82, 2.24) is 10.2 Å². The van der Waals surface area contributed by atoms with E-state index in [4.69, 9.17) is 20.1 Å². The van der Waals surface area contributed by atoms with E-state index >= 15 is 0 Å². The average molecular weight is 276 g/mol. The van der Waals surface area contributed by atoms with Gasteiger partial charge in [0.2, 0.25) is 0 Å². The lowest BCUT2D eigenvalue weighted by molar-refractivity contribution is -0.145. The predicted molar refractivity (Wildman–Crippen MR) is 60.6 cm³/mol. The minimum absolute atomic E-state index is 0.153. The van der Waals surface area contributed by atoms with Crippen LogP contribution in [0.3, 0.4) is 0 Å². The van der Waals surface area contributed by atoms with E-state index < -0.39 is 36.5 Å². The van der Waals surface area contributed by atoms with Gasteiger partial charge in [-0.05, 0) is 0 Å². The Morgan fingerprint density at radius 3 is 2.58 bits per heavy atom. The van der Waals surface area contributed by atoms with Gasteiger partial charge in [0, 0.05) is 6.54 Å².